The lowest BCUT2D eigenvalue weighted by molar-refractivity contribution is -0.117. The van der Waals surface area contributed by atoms with Crippen LogP contribution in [0.5, 0.6) is 5.75 Å². The van der Waals surface area contributed by atoms with Gasteiger partial charge in [-0.15, -0.1) is 0 Å². The van der Waals surface area contributed by atoms with Crippen LogP contribution in [0.4, 0.5) is 26.2 Å². The maximum absolute atomic E-state index is 14.6. The Balaban J connectivity index is 1.60. The fourth-order valence-electron chi connectivity index (χ4n) is 3.49. The summed E-state index contributed by atoms with van der Waals surface area (Å²) in [5, 5.41) is 12.7. The smallest absolute Gasteiger partial charge is 0.326 e. The minimum absolute atomic E-state index is 0.0484. The number of carbonyl (C=O) groups is 2. The zero-order valence-electron chi connectivity index (χ0n) is 15.1. The van der Waals surface area contributed by atoms with Crippen LogP contribution in [-0.4, -0.2) is 38.6 Å². The lowest BCUT2D eigenvalue weighted by Gasteiger charge is -2.29. The van der Waals surface area contributed by atoms with Crippen LogP contribution < -0.4 is 19.2 Å². The van der Waals surface area contributed by atoms with Crippen LogP contribution in [0.2, 0.25) is 0 Å². The van der Waals surface area contributed by atoms with E-state index in [0.717, 1.165) is 36.2 Å². The van der Waals surface area contributed by atoms with Gasteiger partial charge in [-0.2, -0.15) is 8.42 Å². The van der Waals surface area contributed by atoms with Gasteiger partial charge in [0.15, 0.2) is 5.82 Å². The Labute approximate surface area is 165 Å². The zero-order valence-corrected chi connectivity index (χ0v) is 15.9. The van der Waals surface area contributed by atoms with Gasteiger partial charge in [0.05, 0.1) is 0 Å². The third kappa shape index (κ3) is 3.44. The average molecular weight is 420 g/mol. The van der Waals surface area contributed by atoms with Crippen LogP contribution in [0.3, 0.4) is 0 Å². The number of phenols is 1. The molecule has 2 aliphatic rings. The van der Waals surface area contributed by atoms with E-state index in [0.29, 0.717) is 10.8 Å². The van der Waals surface area contributed by atoms with Gasteiger partial charge < -0.3 is 10.4 Å². The maximum atomic E-state index is 14.6. The van der Waals surface area contributed by atoms with E-state index >= 15 is 0 Å². The van der Waals surface area contributed by atoms with Gasteiger partial charge in [-0.1, -0.05) is 18.2 Å². The molecule has 0 aliphatic carbocycles. The highest BCUT2D eigenvalue weighted by atomic mass is 32.2. The number of urea groups is 1. The number of anilines is 3. The molecule has 0 saturated carbocycles. The van der Waals surface area contributed by atoms with E-state index in [9.17, 15) is 27.5 Å². The normalized spacial score (nSPS) is 17.6. The number of fused-ring (bicyclic) bond motifs is 1. The Kier molecular flexibility index (Phi) is 4.53. The summed E-state index contributed by atoms with van der Waals surface area (Å²) >= 11 is 0. The lowest BCUT2D eigenvalue weighted by atomic mass is 10.0. The Hall–Kier alpha value is -3.34. The molecule has 0 radical (unpaired) electrons. The second-order valence-electron chi connectivity index (χ2n) is 6.68. The molecule has 3 amide bonds. The van der Waals surface area contributed by atoms with Gasteiger partial charge in [0, 0.05) is 24.0 Å². The Morgan fingerprint density at radius 2 is 2.00 bits per heavy atom. The Bertz CT molecular complexity index is 1100. The van der Waals surface area contributed by atoms with Crippen molar-refractivity contribution < 1.29 is 27.5 Å². The maximum Gasteiger partial charge on any atom is 0.326 e. The molecule has 0 spiro atoms. The molecule has 0 atom stereocenters. The van der Waals surface area contributed by atoms with Crippen molar-refractivity contribution in [1.82, 2.24) is 4.72 Å². The highest BCUT2D eigenvalue weighted by Gasteiger charge is 2.37. The van der Waals surface area contributed by atoms with E-state index in [1.165, 1.54) is 4.90 Å². The van der Waals surface area contributed by atoms with E-state index < -0.39 is 45.9 Å². The van der Waals surface area contributed by atoms with Crippen molar-refractivity contribution in [3.63, 3.8) is 0 Å². The molecular formula is C18H17FN4O5S. The first-order valence-electron chi connectivity index (χ1n) is 8.78. The topological polar surface area (TPSA) is 119 Å². The van der Waals surface area contributed by atoms with Crippen molar-refractivity contribution in [2.75, 3.05) is 27.6 Å². The summed E-state index contributed by atoms with van der Waals surface area (Å²) in [4.78, 5) is 25.6. The molecule has 1 saturated heterocycles. The molecule has 0 unspecified atom stereocenters. The van der Waals surface area contributed by atoms with E-state index in [4.69, 9.17) is 0 Å². The zero-order chi connectivity index (χ0) is 20.8. The van der Waals surface area contributed by atoms with E-state index in [1.807, 2.05) is 24.3 Å². The van der Waals surface area contributed by atoms with E-state index in [-0.39, 0.29) is 5.69 Å². The van der Waals surface area contributed by atoms with E-state index in [1.54, 1.807) is 4.72 Å². The van der Waals surface area contributed by atoms with Crippen molar-refractivity contribution >= 4 is 39.2 Å². The number of halogens is 1. The van der Waals surface area contributed by atoms with Crippen LogP contribution in [0.15, 0.2) is 36.4 Å². The summed E-state index contributed by atoms with van der Waals surface area (Å²) in [5.74, 6) is -2.66. The number of hydrogen-bond donors (Lipinski definition) is 3. The molecule has 11 heteroatoms. The molecule has 2 heterocycles. The summed E-state index contributed by atoms with van der Waals surface area (Å²) in [5.41, 5.74) is 1.07. The SMILES string of the molecule is O=C1CN(c2c(O)cc(NC(=O)N3CCCc4ccccc43)cc2F)S(=O)(=O)N1. The van der Waals surface area contributed by atoms with Crippen LogP contribution in [-0.2, 0) is 21.4 Å². The minimum atomic E-state index is -4.28. The summed E-state index contributed by atoms with van der Waals surface area (Å²) in [6.45, 7) is -0.168. The summed E-state index contributed by atoms with van der Waals surface area (Å²) in [6, 6.07) is 8.87. The average Bonchev–Trinajstić information content (AvgIpc) is 2.92. The van der Waals surface area contributed by atoms with Gasteiger partial charge in [0.2, 0.25) is 0 Å². The lowest BCUT2D eigenvalue weighted by Crippen LogP contribution is -2.38. The first kappa shape index (κ1) is 19.0. The molecule has 2 aliphatic heterocycles. The van der Waals surface area contributed by atoms with Crippen molar-refractivity contribution in [3.05, 3.63) is 47.8 Å². The number of phenolic OH excluding ortho intramolecular Hbond substituents is 1. The summed E-state index contributed by atoms with van der Waals surface area (Å²) < 4.78 is 40.5. The number of carbonyl (C=O) groups excluding carboxylic acids is 2. The van der Waals surface area contributed by atoms with Gasteiger partial charge >= 0.3 is 16.2 Å². The van der Waals surface area contributed by atoms with Crippen molar-refractivity contribution in [2.45, 2.75) is 12.8 Å². The second kappa shape index (κ2) is 6.92. The number of hydrogen-bond acceptors (Lipinski definition) is 5. The number of para-hydroxylation sites is 1. The minimum Gasteiger partial charge on any atom is -0.506 e. The highest BCUT2D eigenvalue weighted by Crippen LogP contribution is 2.36. The molecule has 0 aromatic heterocycles. The van der Waals surface area contributed by atoms with Crippen LogP contribution in [0.25, 0.3) is 0 Å². The van der Waals surface area contributed by atoms with Gasteiger partial charge in [0.1, 0.15) is 18.0 Å². The quantitative estimate of drug-likeness (QED) is 0.683. The van der Waals surface area contributed by atoms with Crippen molar-refractivity contribution in [1.29, 1.82) is 0 Å². The molecule has 2 aromatic carbocycles. The summed E-state index contributed by atoms with van der Waals surface area (Å²) in [6.07, 6.45) is 1.62. The van der Waals surface area contributed by atoms with Crippen molar-refractivity contribution in [3.8, 4) is 5.75 Å². The van der Waals surface area contributed by atoms with Gasteiger partial charge in [-0.25, -0.2) is 18.2 Å². The Morgan fingerprint density at radius 3 is 2.69 bits per heavy atom. The second-order valence-corrected chi connectivity index (χ2v) is 8.27. The monoisotopic (exact) mass is 420 g/mol. The van der Waals surface area contributed by atoms with Crippen LogP contribution >= 0.6 is 0 Å². The molecule has 29 heavy (non-hydrogen) atoms. The number of amides is 3. The number of benzene rings is 2. The number of aromatic hydroxyl groups is 1. The first-order valence-corrected chi connectivity index (χ1v) is 10.2. The molecule has 0 bridgehead atoms. The van der Waals surface area contributed by atoms with E-state index in [2.05, 4.69) is 5.32 Å². The fourth-order valence-corrected chi connectivity index (χ4v) is 4.66. The number of rotatable bonds is 2. The highest BCUT2D eigenvalue weighted by molar-refractivity contribution is 7.92. The van der Waals surface area contributed by atoms with Crippen molar-refractivity contribution in [2.24, 2.45) is 0 Å². The first-order chi connectivity index (χ1) is 13.8. The largest absolute Gasteiger partial charge is 0.506 e. The van der Waals surface area contributed by atoms with Crippen LogP contribution in [0, 0.1) is 5.82 Å². The Morgan fingerprint density at radius 1 is 1.24 bits per heavy atom. The molecule has 2 aromatic rings. The predicted octanol–water partition coefficient (Wildman–Crippen LogP) is 1.70. The third-order valence-corrected chi connectivity index (χ3v) is 6.10. The molecule has 152 valence electrons. The predicted molar refractivity (Wildman–Crippen MR) is 104 cm³/mol. The number of aryl methyl sites for hydroxylation is 1. The number of nitrogens with zero attached hydrogens (tertiary/aromatic N) is 2. The fraction of sp³-hybridized carbons (Fsp3) is 0.222. The molecule has 3 N–H and O–H groups in total. The standard InChI is InChI=1S/C18H17FN4O5S/c19-13-8-12(9-15(24)17(13)23-10-16(25)21-29(23,27)28)20-18(26)22-7-3-5-11-4-1-2-6-14(11)22/h1-2,4,6,8-9,24H,3,5,7,10H2,(H,20,26)(H,21,25). The van der Waals surface area contributed by atoms with Gasteiger partial charge in [-0.3, -0.25) is 9.69 Å². The molecule has 9 nitrogen and oxygen atoms in total. The molecule has 1 fully saturated rings. The summed E-state index contributed by atoms with van der Waals surface area (Å²) in [7, 11) is -4.28. The third-order valence-electron chi connectivity index (χ3n) is 4.72. The number of nitrogens with one attached hydrogen (secondary N) is 2. The van der Waals surface area contributed by atoms with Gasteiger partial charge in [0.25, 0.3) is 5.91 Å². The van der Waals surface area contributed by atoms with Gasteiger partial charge in [-0.05, 0) is 30.5 Å². The van der Waals surface area contributed by atoms with Crippen LogP contribution in [0.1, 0.15) is 12.0 Å². The molecule has 4 rings (SSSR count). The molecular weight excluding hydrogens is 403 g/mol.